The Bertz CT molecular complexity index is 362. The molecule has 15 heavy (non-hydrogen) atoms. The fraction of sp³-hybridized carbons (Fsp3) is 0.538. The summed E-state index contributed by atoms with van der Waals surface area (Å²) >= 11 is 0. The van der Waals surface area contributed by atoms with Crippen molar-refractivity contribution in [1.29, 1.82) is 0 Å². The molecule has 0 bridgehead atoms. The molecule has 1 aromatic carbocycles. The SMILES string of the molecule is CC(CN)C1c2ccc(F)cc2CC1C. The van der Waals surface area contributed by atoms with E-state index in [0.29, 0.717) is 24.3 Å². The van der Waals surface area contributed by atoms with Crippen LogP contribution in [0, 0.1) is 17.7 Å². The van der Waals surface area contributed by atoms with E-state index in [9.17, 15) is 4.39 Å². The minimum atomic E-state index is -0.123. The van der Waals surface area contributed by atoms with Gasteiger partial charge in [0.1, 0.15) is 5.82 Å². The van der Waals surface area contributed by atoms with Crippen LogP contribution in [0.4, 0.5) is 4.39 Å². The molecule has 0 amide bonds. The zero-order chi connectivity index (χ0) is 11.0. The van der Waals surface area contributed by atoms with Crippen LogP contribution in [0.2, 0.25) is 0 Å². The van der Waals surface area contributed by atoms with Gasteiger partial charge in [0.2, 0.25) is 0 Å². The highest BCUT2D eigenvalue weighted by atomic mass is 19.1. The van der Waals surface area contributed by atoms with Gasteiger partial charge in [-0.15, -0.1) is 0 Å². The van der Waals surface area contributed by atoms with Crippen molar-refractivity contribution in [2.75, 3.05) is 6.54 Å². The molecule has 1 aromatic rings. The largest absolute Gasteiger partial charge is 0.330 e. The highest BCUT2D eigenvalue weighted by Gasteiger charge is 2.32. The van der Waals surface area contributed by atoms with Gasteiger partial charge in [-0.05, 0) is 54.0 Å². The third-order valence-electron chi connectivity index (χ3n) is 3.60. The van der Waals surface area contributed by atoms with Crippen LogP contribution in [0.5, 0.6) is 0 Å². The Kier molecular flexibility index (Phi) is 2.79. The number of nitrogens with two attached hydrogens (primary N) is 1. The average molecular weight is 207 g/mol. The first-order valence-electron chi connectivity index (χ1n) is 5.62. The summed E-state index contributed by atoms with van der Waals surface area (Å²) in [5.41, 5.74) is 8.21. The van der Waals surface area contributed by atoms with Crippen LogP contribution in [0.15, 0.2) is 18.2 Å². The average Bonchev–Trinajstić information content (AvgIpc) is 2.52. The molecule has 0 aliphatic heterocycles. The first kappa shape index (κ1) is 10.6. The number of halogens is 1. The Morgan fingerprint density at radius 2 is 2.27 bits per heavy atom. The fourth-order valence-corrected chi connectivity index (χ4v) is 2.87. The van der Waals surface area contributed by atoms with Crippen molar-refractivity contribution in [3.63, 3.8) is 0 Å². The highest BCUT2D eigenvalue weighted by molar-refractivity contribution is 5.37. The second-order valence-electron chi connectivity index (χ2n) is 4.76. The third-order valence-corrected chi connectivity index (χ3v) is 3.60. The van der Waals surface area contributed by atoms with E-state index in [1.807, 2.05) is 6.07 Å². The second kappa shape index (κ2) is 3.93. The van der Waals surface area contributed by atoms with Gasteiger partial charge >= 0.3 is 0 Å². The number of fused-ring (bicyclic) bond motifs is 1. The topological polar surface area (TPSA) is 26.0 Å². The summed E-state index contributed by atoms with van der Waals surface area (Å²) in [4.78, 5) is 0. The number of benzene rings is 1. The Labute approximate surface area is 90.5 Å². The summed E-state index contributed by atoms with van der Waals surface area (Å²) in [7, 11) is 0. The summed E-state index contributed by atoms with van der Waals surface area (Å²) < 4.78 is 13.1. The smallest absolute Gasteiger partial charge is 0.123 e. The molecule has 1 nitrogen and oxygen atoms in total. The zero-order valence-corrected chi connectivity index (χ0v) is 9.33. The minimum Gasteiger partial charge on any atom is -0.330 e. The molecule has 2 rings (SSSR count). The van der Waals surface area contributed by atoms with Crippen molar-refractivity contribution in [3.8, 4) is 0 Å². The van der Waals surface area contributed by atoms with Gasteiger partial charge in [-0.2, -0.15) is 0 Å². The summed E-state index contributed by atoms with van der Waals surface area (Å²) in [5, 5.41) is 0. The van der Waals surface area contributed by atoms with E-state index in [0.717, 1.165) is 6.42 Å². The lowest BCUT2D eigenvalue weighted by molar-refractivity contribution is 0.376. The van der Waals surface area contributed by atoms with Crippen LogP contribution >= 0.6 is 0 Å². The van der Waals surface area contributed by atoms with Crippen LogP contribution in [0.3, 0.4) is 0 Å². The van der Waals surface area contributed by atoms with Crippen molar-refractivity contribution in [3.05, 3.63) is 35.1 Å². The number of rotatable bonds is 2. The lowest BCUT2D eigenvalue weighted by atomic mass is 9.83. The Balaban J connectivity index is 2.37. The molecular formula is C13H18FN. The first-order valence-corrected chi connectivity index (χ1v) is 5.62. The van der Waals surface area contributed by atoms with Gasteiger partial charge < -0.3 is 5.73 Å². The van der Waals surface area contributed by atoms with Crippen LogP contribution in [0.25, 0.3) is 0 Å². The van der Waals surface area contributed by atoms with Crippen LogP contribution in [0.1, 0.15) is 30.9 Å². The number of hydrogen-bond acceptors (Lipinski definition) is 1. The van der Waals surface area contributed by atoms with Gasteiger partial charge in [-0.3, -0.25) is 0 Å². The molecule has 0 saturated carbocycles. The maximum absolute atomic E-state index is 13.1. The molecule has 0 fully saturated rings. The van der Waals surface area contributed by atoms with Crippen molar-refractivity contribution in [2.24, 2.45) is 17.6 Å². The zero-order valence-electron chi connectivity index (χ0n) is 9.33. The lowest BCUT2D eigenvalue weighted by Crippen LogP contribution is -2.21. The summed E-state index contributed by atoms with van der Waals surface area (Å²) in [6.45, 7) is 5.11. The normalized spacial score (nSPS) is 26.4. The third kappa shape index (κ3) is 1.78. The quantitative estimate of drug-likeness (QED) is 0.792. The molecule has 2 N–H and O–H groups in total. The van der Waals surface area contributed by atoms with Crippen LogP contribution in [-0.2, 0) is 6.42 Å². The molecule has 0 saturated heterocycles. The highest BCUT2D eigenvalue weighted by Crippen LogP contribution is 2.42. The standard InChI is InChI=1S/C13H18FN/c1-8-5-10-6-11(14)3-4-12(10)13(8)9(2)7-15/h3-4,6,8-9,13H,5,7,15H2,1-2H3. The molecule has 3 atom stereocenters. The predicted octanol–water partition coefficient (Wildman–Crippen LogP) is 2.70. The Morgan fingerprint density at radius 1 is 1.53 bits per heavy atom. The molecule has 1 aliphatic rings. The van der Waals surface area contributed by atoms with Crippen molar-refractivity contribution in [1.82, 2.24) is 0 Å². The molecular weight excluding hydrogens is 189 g/mol. The second-order valence-corrected chi connectivity index (χ2v) is 4.76. The minimum absolute atomic E-state index is 0.123. The lowest BCUT2D eigenvalue weighted by Gasteiger charge is -2.23. The van der Waals surface area contributed by atoms with Gasteiger partial charge in [0.15, 0.2) is 0 Å². The van der Waals surface area contributed by atoms with E-state index in [2.05, 4.69) is 13.8 Å². The maximum atomic E-state index is 13.1. The summed E-state index contributed by atoms with van der Waals surface area (Å²) in [6, 6.07) is 5.17. The molecule has 0 heterocycles. The van der Waals surface area contributed by atoms with Gasteiger partial charge in [-0.1, -0.05) is 19.9 Å². The molecule has 0 spiro atoms. The first-order chi connectivity index (χ1) is 7.13. The molecule has 2 heteroatoms. The fourth-order valence-electron chi connectivity index (χ4n) is 2.87. The summed E-state index contributed by atoms with van der Waals surface area (Å²) in [6.07, 6.45) is 0.988. The van der Waals surface area contributed by atoms with E-state index < -0.39 is 0 Å². The predicted molar refractivity (Wildman–Crippen MR) is 60.2 cm³/mol. The van der Waals surface area contributed by atoms with E-state index in [4.69, 9.17) is 5.73 Å². The van der Waals surface area contributed by atoms with E-state index in [1.54, 1.807) is 12.1 Å². The van der Waals surface area contributed by atoms with Gasteiger partial charge in [0.05, 0.1) is 0 Å². The molecule has 3 unspecified atom stereocenters. The summed E-state index contributed by atoms with van der Waals surface area (Å²) in [5.74, 6) is 1.44. The van der Waals surface area contributed by atoms with Gasteiger partial charge in [-0.25, -0.2) is 4.39 Å². The van der Waals surface area contributed by atoms with Crippen LogP contribution < -0.4 is 5.73 Å². The monoisotopic (exact) mass is 207 g/mol. The molecule has 0 radical (unpaired) electrons. The molecule has 0 aromatic heterocycles. The van der Waals surface area contributed by atoms with Crippen molar-refractivity contribution in [2.45, 2.75) is 26.2 Å². The Hall–Kier alpha value is -0.890. The Morgan fingerprint density at radius 3 is 2.93 bits per heavy atom. The molecule has 82 valence electrons. The van der Waals surface area contributed by atoms with Gasteiger partial charge in [0, 0.05) is 0 Å². The van der Waals surface area contributed by atoms with Gasteiger partial charge in [0.25, 0.3) is 0 Å². The van der Waals surface area contributed by atoms with E-state index in [-0.39, 0.29) is 5.82 Å². The van der Waals surface area contributed by atoms with Crippen molar-refractivity contribution < 1.29 is 4.39 Å². The van der Waals surface area contributed by atoms with Crippen LogP contribution in [-0.4, -0.2) is 6.54 Å². The molecule has 1 aliphatic carbocycles. The maximum Gasteiger partial charge on any atom is 0.123 e. The number of hydrogen-bond donors (Lipinski definition) is 1. The van der Waals surface area contributed by atoms with E-state index in [1.165, 1.54) is 11.1 Å². The van der Waals surface area contributed by atoms with Crippen molar-refractivity contribution >= 4 is 0 Å². The van der Waals surface area contributed by atoms with E-state index >= 15 is 0 Å².